The molecule has 24 heavy (non-hydrogen) atoms. The standard InChI is InChI=1S/C18H22ClNO4/c1-11(2)10-14(21)15-16(12-4-6-13(19)7-5-12)20(8-9-24-3)18(23)17(15)22/h4-7,11,16,22H,8-10H2,1-3H3. The van der Waals surface area contributed by atoms with Crippen molar-refractivity contribution in [3.63, 3.8) is 0 Å². The number of benzene rings is 1. The Hall–Kier alpha value is -1.85. The summed E-state index contributed by atoms with van der Waals surface area (Å²) in [6.07, 6.45) is 0.273. The molecule has 0 saturated carbocycles. The number of methoxy groups -OCH3 is 1. The lowest BCUT2D eigenvalue weighted by molar-refractivity contribution is -0.130. The molecule has 0 aromatic heterocycles. The van der Waals surface area contributed by atoms with Crippen LogP contribution < -0.4 is 0 Å². The van der Waals surface area contributed by atoms with Crippen molar-refractivity contribution in [2.24, 2.45) is 5.92 Å². The quantitative estimate of drug-likeness (QED) is 0.818. The Morgan fingerprint density at radius 1 is 1.33 bits per heavy atom. The number of carbonyl (C=O) groups excluding carboxylic acids is 2. The number of carbonyl (C=O) groups is 2. The van der Waals surface area contributed by atoms with E-state index >= 15 is 0 Å². The van der Waals surface area contributed by atoms with Crippen LogP contribution in [-0.2, 0) is 14.3 Å². The molecule has 1 amide bonds. The zero-order valence-electron chi connectivity index (χ0n) is 14.1. The zero-order chi connectivity index (χ0) is 17.9. The largest absolute Gasteiger partial charge is 0.503 e. The first-order chi connectivity index (χ1) is 11.4. The fourth-order valence-electron chi connectivity index (χ4n) is 2.83. The molecule has 2 rings (SSSR count). The van der Waals surface area contributed by atoms with Crippen molar-refractivity contribution >= 4 is 23.3 Å². The normalized spacial score (nSPS) is 18.0. The van der Waals surface area contributed by atoms with Gasteiger partial charge in [-0.3, -0.25) is 9.59 Å². The molecule has 0 aliphatic carbocycles. The van der Waals surface area contributed by atoms with E-state index in [1.807, 2.05) is 13.8 Å². The number of halogens is 1. The summed E-state index contributed by atoms with van der Waals surface area (Å²) in [6, 6.07) is 6.32. The lowest BCUT2D eigenvalue weighted by Crippen LogP contribution is -2.34. The van der Waals surface area contributed by atoms with Crippen LogP contribution in [-0.4, -0.2) is 42.0 Å². The lowest BCUT2D eigenvalue weighted by Gasteiger charge is -2.26. The maximum Gasteiger partial charge on any atom is 0.290 e. The number of hydrogen-bond acceptors (Lipinski definition) is 4. The van der Waals surface area contributed by atoms with E-state index in [-0.39, 0.29) is 30.2 Å². The molecule has 1 atom stereocenters. The predicted octanol–water partition coefficient (Wildman–Crippen LogP) is 3.30. The highest BCUT2D eigenvalue weighted by molar-refractivity contribution is 6.30. The zero-order valence-corrected chi connectivity index (χ0v) is 14.8. The van der Waals surface area contributed by atoms with Gasteiger partial charge in [0.25, 0.3) is 5.91 Å². The van der Waals surface area contributed by atoms with Crippen LogP contribution in [0, 0.1) is 5.92 Å². The summed E-state index contributed by atoms with van der Waals surface area (Å²) in [4.78, 5) is 26.5. The lowest BCUT2D eigenvalue weighted by atomic mass is 9.92. The SMILES string of the molecule is COCCN1C(=O)C(O)=C(C(=O)CC(C)C)C1c1ccc(Cl)cc1. The third kappa shape index (κ3) is 3.79. The van der Waals surface area contributed by atoms with Crippen LogP contribution in [0.15, 0.2) is 35.6 Å². The van der Waals surface area contributed by atoms with Crippen molar-refractivity contribution in [1.82, 2.24) is 4.90 Å². The fourth-order valence-corrected chi connectivity index (χ4v) is 2.96. The van der Waals surface area contributed by atoms with Crippen molar-refractivity contribution < 1.29 is 19.4 Å². The molecule has 1 aliphatic rings. The van der Waals surface area contributed by atoms with Gasteiger partial charge in [-0.1, -0.05) is 37.6 Å². The number of hydrogen-bond donors (Lipinski definition) is 1. The van der Waals surface area contributed by atoms with Gasteiger partial charge in [0.2, 0.25) is 0 Å². The van der Waals surface area contributed by atoms with Gasteiger partial charge in [-0.25, -0.2) is 0 Å². The Morgan fingerprint density at radius 3 is 2.50 bits per heavy atom. The molecule has 1 N–H and O–H groups in total. The van der Waals surface area contributed by atoms with Crippen LogP contribution in [0.25, 0.3) is 0 Å². The summed E-state index contributed by atoms with van der Waals surface area (Å²) < 4.78 is 5.05. The summed E-state index contributed by atoms with van der Waals surface area (Å²) in [7, 11) is 1.54. The van der Waals surface area contributed by atoms with Gasteiger partial charge >= 0.3 is 0 Å². The Bertz CT molecular complexity index is 651. The molecule has 6 heteroatoms. The molecule has 0 spiro atoms. The van der Waals surface area contributed by atoms with Crippen LogP contribution >= 0.6 is 11.6 Å². The number of nitrogens with zero attached hydrogens (tertiary/aromatic N) is 1. The van der Waals surface area contributed by atoms with Crippen molar-refractivity contribution in [3.8, 4) is 0 Å². The van der Waals surface area contributed by atoms with Crippen LogP contribution in [0.5, 0.6) is 0 Å². The first kappa shape index (κ1) is 18.5. The average Bonchev–Trinajstić information content (AvgIpc) is 2.77. The smallest absolute Gasteiger partial charge is 0.290 e. The number of amides is 1. The second-order valence-corrected chi connectivity index (χ2v) is 6.67. The number of ether oxygens (including phenoxy) is 1. The molecule has 1 aromatic carbocycles. The van der Waals surface area contributed by atoms with E-state index in [4.69, 9.17) is 16.3 Å². The van der Waals surface area contributed by atoms with Crippen molar-refractivity contribution in [2.75, 3.05) is 20.3 Å². The number of aliphatic hydroxyl groups is 1. The van der Waals surface area contributed by atoms with E-state index in [2.05, 4.69) is 0 Å². The second kappa shape index (κ2) is 7.81. The minimum atomic E-state index is -0.615. The predicted molar refractivity (Wildman–Crippen MR) is 91.9 cm³/mol. The van der Waals surface area contributed by atoms with Gasteiger partial charge in [0.05, 0.1) is 18.2 Å². The monoisotopic (exact) mass is 351 g/mol. The average molecular weight is 352 g/mol. The minimum Gasteiger partial charge on any atom is -0.503 e. The van der Waals surface area contributed by atoms with E-state index in [1.165, 1.54) is 12.0 Å². The summed E-state index contributed by atoms with van der Waals surface area (Å²) in [5.74, 6) is -1.08. The first-order valence-electron chi connectivity index (χ1n) is 7.88. The van der Waals surface area contributed by atoms with Gasteiger partial charge in [-0.05, 0) is 23.6 Å². The van der Waals surface area contributed by atoms with Gasteiger partial charge in [-0.2, -0.15) is 0 Å². The summed E-state index contributed by atoms with van der Waals surface area (Å²) in [5, 5.41) is 10.9. The molecule has 130 valence electrons. The van der Waals surface area contributed by atoms with Gasteiger partial charge in [0.1, 0.15) is 0 Å². The molecule has 0 saturated heterocycles. The number of Topliss-reactive ketones (excluding diaryl/α,β-unsaturated/α-hetero) is 1. The first-order valence-corrected chi connectivity index (χ1v) is 8.26. The topological polar surface area (TPSA) is 66.8 Å². The highest BCUT2D eigenvalue weighted by Crippen LogP contribution is 2.38. The molecule has 1 unspecified atom stereocenters. The highest BCUT2D eigenvalue weighted by Gasteiger charge is 2.43. The second-order valence-electron chi connectivity index (χ2n) is 6.23. The maximum atomic E-state index is 12.6. The Labute approximate surface area is 146 Å². The summed E-state index contributed by atoms with van der Waals surface area (Å²) in [5.41, 5.74) is 0.895. The molecule has 5 nitrogen and oxygen atoms in total. The fraction of sp³-hybridized carbons (Fsp3) is 0.444. The Kier molecular flexibility index (Phi) is 6.02. The van der Waals surface area contributed by atoms with Gasteiger partial charge in [0, 0.05) is 25.1 Å². The number of aliphatic hydroxyl groups excluding tert-OH is 1. The Balaban J connectivity index is 2.45. The molecule has 0 fully saturated rings. The third-order valence-corrected chi connectivity index (χ3v) is 4.17. The Morgan fingerprint density at radius 2 is 1.96 bits per heavy atom. The van der Waals surface area contributed by atoms with Crippen molar-refractivity contribution in [3.05, 3.63) is 46.2 Å². The number of ketones is 1. The molecule has 0 bridgehead atoms. The van der Waals surface area contributed by atoms with E-state index in [1.54, 1.807) is 24.3 Å². The van der Waals surface area contributed by atoms with Crippen LogP contribution in [0.2, 0.25) is 5.02 Å². The van der Waals surface area contributed by atoms with Gasteiger partial charge in [-0.15, -0.1) is 0 Å². The summed E-state index contributed by atoms with van der Waals surface area (Å²) >= 11 is 5.93. The molecule has 1 aliphatic heterocycles. The van der Waals surface area contributed by atoms with Crippen LogP contribution in [0.3, 0.4) is 0 Å². The minimum absolute atomic E-state index is 0.131. The van der Waals surface area contributed by atoms with Crippen molar-refractivity contribution in [2.45, 2.75) is 26.3 Å². The van der Waals surface area contributed by atoms with E-state index in [9.17, 15) is 14.7 Å². The van der Waals surface area contributed by atoms with E-state index in [0.29, 0.717) is 11.6 Å². The molecule has 1 aromatic rings. The van der Waals surface area contributed by atoms with E-state index in [0.717, 1.165) is 5.56 Å². The highest BCUT2D eigenvalue weighted by atomic mass is 35.5. The van der Waals surface area contributed by atoms with Crippen molar-refractivity contribution in [1.29, 1.82) is 0 Å². The van der Waals surface area contributed by atoms with Gasteiger partial charge < -0.3 is 14.7 Å². The molecular weight excluding hydrogens is 330 g/mol. The van der Waals surface area contributed by atoms with Crippen LogP contribution in [0.4, 0.5) is 0 Å². The maximum absolute atomic E-state index is 12.6. The van der Waals surface area contributed by atoms with E-state index < -0.39 is 17.7 Å². The molecule has 1 heterocycles. The van der Waals surface area contributed by atoms with Crippen LogP contribution in [0.1, 0.15) is 31.9 Å². The number of rotatable bonds is 7. The summed E-state index contributed by atoms with van der Waals surface area (Å²) in [6.45, 7) is 4.44. The molecular formula is C18H22ClNO4. The van der Waals surface area contributed by atoms with Gasteiger partial charge in [0.15, 0.2) is 11.5 Å². The third-order valence-electron chi connectivity index (χ3n) is 3.92. The molecule has 0 radical (unpaired) electrons.